The van der Waals surface area contributed by atoms with Crippen LogP contribution >= 0.6 is 0 Å². The van der Waals surface area contributed by atoms with E-state index in [0.29, 0.717) is 46.3 Å². The minimum atomic E-state index is -0.370. The van der Waals surface area contributed by atoms with Crippen LogP contribution in [0.3, 0.4) is 0 Å². The van der Waals surface area contributed by atoms with Gasteiger partial charge in [0.2, 0.25) is 5.91 Å². The number of amides is 1. The standard InChI is InChI=1S/C34H31FN8O2/c35-24-13-22(15-26(17-24)45-12-11-43-9-1-2-10-43)27-7-8-37-32-30(27)39-33(40-32)31-28-16-21(5-6-29(28)41-42-31)23-14-25(19-36-18-23)38-34(44)20-3-4-20/h5-8,13-20H,1-4,9-12H2,(H,38,44)(H,41,42)(H,37,39,40). The molecular weight excluding hydrogens is 571 g/mol. The normalized spacial score (nSPS) is 15.2. The quantitative estimate of drug-likeness (QED) is 0.180. The van der Waals surface area contributed by atoms with Gasteiger partial charge < -0.3 is 15.0 Å². The number of aromatic amines is 2. The molecule has 1 saturated carbocycles. The Kier molecular flexibility index (Phi) is 6.94. The lowest BCUT2D eigenvalue weighted by molar-refractivity contribution is -0.117. The molecule has 2 aromatic carbocycles. The van der Waals surface area contributed by atoms with Crippen molar-refractivity contribution in [3.63, 3.8) is 0 Å². The third-order valence-corrected chi connectivity index (χ3v) is 8.52. The van der Waals surface area contributed by atoms with E-state index in [-0.39, 0.29) is 17.6 Å². The van der Waals surface area contributed by atoms with E-state index in [4.69, 9.17) is 9.72 Å². The van der Waals surface area contributed by atoms with Crippen LogP contribution < -0.4 is 10.1 Å². The molecule has 3 N–H and O–H groups in total. The molecule has 45 heavy (non-hydrogen) atoms. The number of likely N-dealkylation sites (tertiary alicyclic amines) is 1. The first-order valence-electron chi connectivity index (χ1n) is 15.3. The van der Waals surface area contributed by atoms with Crippen molar-refractivity contribution >= 4 is 33.7 Å². The average molecular weight is 603 g/mol. The molecule has 11 heteroatoms. The van der Waals surface area contributed by atoms with Crippen LogP contribution in [-0.2, 0) is 4.79 Å². The van der Waals surface area contributed by atoms with Gasteiger partial charge in [0.1, 0.15) is 23.9 Å². The summed E-state index contributed by atoms with van der Waals surface area (Å²) in [5, 5.41) is 11.5. The van der Waals surface area contributed by atoms with Gasteiger partial charge in [-0.1, -0.05) is 6.07 Å². The summed E-state index contributed by atoms with van der Waals surface area (Å²) in [7, 11) is 0. The summed E-state index contributed by atoms with van der Waals surface area (Å²) >= 11 is 0. The number of hydrogen-bond acceptors (Lipinski definition) is 7. The summed E-state index contributed by atoms with van der Waals surface area (Å²) in [6.45, 7) is 3.51. The number of nitrogens with zero attached hydrogens (tertiary/aromatic N) is 5. The molecule has 0 atom stereocenters. The molecule has 2 fully saturated rings. The molecule has 2 aliphatic rings. The number of carbonyl (C=O) groups is 1. The van der Waals surface area contributed by atoms with Crippen LogP contribution in [-0.4, -0.2) is 67.2 Å². The second-order valence-electron chi connectivity index (χ2n) is 11.8. The number of carbonyl (C=O) groups excluding carboxylic acids is 1. The number of benzene rings is 2. The number of anilines is 1. The zero-order valence-corrected chi connectivity index (χ0v) is 24.5. The van der Waals surface area contributed by atoms with Gasteiger partial charge in [0.15, 0.2) is 11.5 Å². The van der Waals surface area contributed by atoms with Crippen molar-refractivity contribution in [1.82, 2.24) is 35.0 Å². The molecule has 0 unspecified atom stereocenters. The van der Waals surface area contributed by atoms with Gasteiger partial charge in [-0.25, -0.2) is 14.4 Å². The van der Waals surface area contributed by atoms with E-state index in [1.807, 2.05) is 36.4 Å². The number of rotatable bonds is 9. The number of hydrogen-bond donors (Lipinski definition) is 3. The summed E-state index contributed by atoms with van der Waals surface area (Å²) in [4.78, 5) is 31.6. The number of ether oxygens (including phenoxy) is 1. The Morgan fingerprint density at radius 3 is 2.78 bits per heavy atom. The first-order valence-corrected chi connectivity index (χ1v) is 15.3. The second-order valence-corrected chi connectivity index (χ2v) is 11.8. The maximum atomic E-state index is 14.8. The van der Waals surface area contributed by atoms with E-state index in [1.54, 1.807) is 18.6 Å². The summed E-state index contributed by atoms with van der Waals surface area (Å²) in [6, 6.07) is 14.5. The van der Waals surface area contributed by atoms with Crippen molar-refractivity contribution in [2.75, 3.05) is 31.6 Å². The highest BCUT2D eigenvalue weighted by molar-refractivity contribution is 5.98. The second kappa shape index (κ2) is 11.4. The molecule has 4 aromatic heterocycles. The van der Waals surface area contributed by atoms with Crippen molar-refractivity contribution in [2.45, 2.75) is 25.7 Å². The maximum absolute atomic E-state index is 14.8. The average Bonchev–Trinajstić information content (AvgIpc) is 3.40. The molecule has 226 valence electrons. The van der Waals surface area contributed by atoms with Gasteiger partial charge in [0, 0.05) is 47.4 Å². The Labute approximate surface area is 258 Å². The summed E-state index contributed by atoms with van der Waals surface area (Å²) in [6.07, 6.45) is 9.42. The minimum Gasteiger partial charge on any atom is -0.492 e. The van der Waals surface area contributed by atoms with Gasteiger partial charge >= 0.3 is 0 Å². The van der Waals surface area contributed by atoms with E-state index in [1.165, 1.54) is 25.0 Å². The number of pyridine rings is 2. The predicted molar refractivity (Wildman–Crippen MR) is 170 cm³/mol. The molecular formula is C34H31FN8O2. The topological polar surface area (TPSA) is 125 Å². The zero-order valence-electron chi connectivity index (χ0n) is 24.5. The largest absolute Gasteiger partial charge is 0.492 e. The fraction of sp³-hybridized carbons (Fsp3) is 0.265. The van der Waals surface area contributed by atoms with Crippen molar-refractivity contribution in [2.24, 2.45) is 5.92 Å². The molecule has 10 nitrogen and oxygen atoms in total. The van der Waals surface area contributed by atoms with Crippen LogP contribution in [0.15, 0.2) is 67.1 Å². The summed E-state index contributed by atoms with van der Waals surface area (Å²) in [5.41, 5.74) is 6.55. The first-order chi connectivity index (χ1) is 22.1. The van der Waals surface area contributed by atoms with Crippen LogP contribution in [0.5, 0.6) is 5.75 Å². The minimum absolute atomic E-state index is 0.0406. The lowest BCUT2D eigenvalue weighted by atomic mass is 10.0. The third-order valence-electron chi connectivity index (χ3n) is 8.52. The fourth-order valence-electron chi connectivity index (χ4n) is 5.99. The molecule has 1 aliphatic carbocycles. The Bertz CT molecular complexity index is 2040. The van der Waals surface area contributed by atoms with Crippen molar-refractivity contribution in [3.8, 4) is 39.5 Å². The Hall–Kier alpha value is -5.16. The van der Waals surface area contributed by atoms with Crippen LogP contribution in [0.2, 0.25) is 0 Å². The number of imidazole rings is 1. The predicted octanol–water partition coefficient (Wildman–Crippen LogP) is 6.19. The van der Waals surface area contributed by atoms with Crippen LogP contribution in [0.1, 0.15) is 25.7 Å². The van der Waals surface area contributed by atoms with Crippen molar-refractivity contribution in [3.05, 3.63) is 72.9 Å². The molecule has 0 spiro atoms. The fourth-order valence-corrected chi connectivity index (χ4v) is 5.99. The Balaban J connectivity index is 1.10. The number of nitrogens with one attached hydrogen (secondary N) is 3. The van der Waals surface area contributed by atoms with Gasteiger partial charge in [-0.2, -0.15) is 5.10 Å². The van der Waals surface area contributed by atoms with Crippen molar-refractivity contribution in [1.29, 1.82) is 0 Å². The highest BCUT2D eigenvalue weighted by Crippen LogP contribution is 2.35. The van der Waals surface area contributed by atoms with Gasteiger partial charge in [0.25, 0.3) is 0 Å². The molecule has 6 aromatic rings. The van der Waals surface area contributed by atoms with Gasteiger partial charge in [-0.15, -0.1) is 0 Å². The molecule has 1 saturated heterocycles. The molecule has 1 amide bonds. The number of fused-ring (bicyclic) bond motifs is 2. The summed E-state index contributed by atoms with van der Waals surface area (Å²) in [5.74, 6) is 0.808. The highest BCUT2D eigenvalue weighted by Gasteiger charge is 2.29. The van der Waals surface area contributed by atoms with Crippen LogP contribution in [0.25, 0.3) is 55.8 Å². The van der Waals surface area contributed by atoms with E-state index in [2.05, 4.69) is 35.4 Å². The summed E-state index contributed by atoms with van der Waals surface area (Å²) < 4.78 is 20.7. The molecule has 1 aliphatic heterocycles. The number of aromatic nitrogens is 6. The number of halogens is 1. The van der Waals surface area contributed by atoms with Crippen LogP contribution in [0.4, 0.5) is 10.1 Å². The van der Waals surface area contributed by atoms with Gasteiger partial charge in [-0.3, -0.25) is 19.8 Å². The monoisotopic (exact) mass is 602 g/mol. The van der Waals surface area contributed by atoms with E-state index in [9.17, 15) is 9.18 Å². The Morgan fingerprint density at radius 1 is 1.02 bits per heavy atom. The zero-order chi connectivity index (χ0) is 30.3. The van der Waals surface area contributed by atoms with Crippen LogP contribution in [0, 0.1) is 11.7 Å². The van der Waals surface area contributed by atoms with Gasteiger partial charge in [-0.05, 0) is 86.3 Å². The lowest BCUT2D eigenvalue weighted by Gasteiger charge is -2.15. The van der Waals surface area contributed by atoms with E-state index >= 15 is 0 Å². The number of H-pyrrole nitrogens is 2. The SMILES string of the molecule is O=C(Nc1cncc(-c2ccc3[nH]nc(-c4nc5nccc(-c6cc(F)cc(OCCN7CCCC7)c6)c5[nH]4)c3c2)c1)C1CC1. The molecule has 0 radical (unpaired) electrons. The maximum Gasteiger partial charge on any atom is 0.227 e. The van der Waals surface area contributed by atoms with E-state index < -0.39 is 0 Å². The lowest BCUT2D eigenvalue weighted by Crippen LogP contribution is -2.25. The Morgan fingerprint density at radius 2 is 1.91 bits per heavy atom. The first kappa shape index (κ1) is 27.4. The van der Waals surface area contributed by atoms with Gasteiger partial charge in [0.05, 0.1) is 22.9 Å². The third kappa shape index (κ3) is 5.62. The smallest absolute Gasteiger partial charge is 0.227 e. The highest BCUT2D eigenvalue weighted by atomic mass is 19.1. The molecule has 0 bridgehead atoms. The molecule has 8 rings (SSSR count). The van der Waals surface area contributed by atoms with E-state index in [0.717, 1.165) is 60.1 Å². The molecule has 5 heterocycles. The van der Waals surface area contributed by atoms with Crippen molar-refractivity contribution < 1.29 is 13.9 Å².